The van der Waals surface area contributed by atoms with Crippen LogP contribution in [0.25, 0.3) is 0 Å². The monoisotopic (exact) mass is 167 g/mol. The Kier molecular flexibility index (Phi) is 3.32. The summed E-state index contributed by atoms with van der Waals surface area (Å²) in [5, 5.41) is 0. The lowest BCUT2D eigenvalue weighted by atomic mass is 10.2. The van der Waals surface area contributed by atoms with Gasteiger partial charge in [-0.15, -0.1) is 6.58 Å². The highest BCUT2D eigenvalue weighted by atomic mass is 16.2. The van der Waals surface area contributed by atoms with Crippen LogP contribution in [0.2, 0.25) is 0 Å². The maximum absolute atomic E-state index is 11.5. The second kappa shape index (κ2) is 4.29. The zero-order valence-corrected chi connectivity index (χ0v) is 7.75. The second-order valence-electron chi connectivity index (χ2n) is 3.37. The number of amides is 1. The fraction of sp³-hybridized carbons (Fsp3) is 0.700. The standard InChI is InChI=1S/C10H17NO/c1-3-9(2)11-8-6-4-5-7-10(11)12/h3,9H,1,4-8H2,2H3. The lowest BCUT2D eigenvalue weighted by molar-refractivity contribution is -0.131. The van der Waals surface area contributed by atoms with E-state index >= 15 is 0 Å². The molecule has 1 unspecified atom stereocenters. The lowest BCUT2D eigenvalue weighted by Gasteiger charge is -2.25. The Balaban J connectivity index is 2.58. The minimum atomic E-state index is 0.204. The van der Waals surface area contributed by atoms with E-state index in [1.807, 2.05) is 17.9 Å². The maximum atomic E-state index is 11.5. The molecule has 0 bridgehead atoms. The van der Waals surface area contributed by atoms with Crippen molar-refractivity contribution in [3.05, 3.63) is 12.7 Å². The molecule has 0 aromatic rings. The third-order valence-electron chi connectivity index (χ3n) is 2.44. The predicted molar refractivity (Wildman–Crippen MR) is 49.8 cm³/mol. The van der Waals surface area contributed by atoms with Crippen molar-refractivity contribution in [1.29, 1.82) is 0 Å². The topological polar surface area (TPSA) is 20.3 Å². The first kappa shape index (κ1) is 9.30. The van der Waals surface area contributed by atoms with Gasteiger partial charge in [0.05, 0.1) is 0 Å². The van der Waals surface area contributed by atoms with Crippen molar-refractivity contribution in [1.82, 2.24) is 4.90 Å². The van der Waals surface area contributed by atoms with Gasteiger partial charge < -0.3 is 4.90 Å². The number of likely N-dealkylation sites (tertiary alicyclic amines) is 1. The van der Waals surface area contributed by atoms with Gasteiger partial charge >= 0.3 is 0 Å². The molecule has 0 aromatic heterocycles. The Morgan fingerprint density at radius 3 is 2.92 bits per heavy atom. The van der Waals surface area contributed by atoms with E-state index in [0.717, 1.165) is 25.8 Å². The van der Waals surface area contributed by atoms with Crippen LogP contribution in [-0.2, 0) is 4.79 Å². The zero-order chi connectivity index (χ0) is 8.97. The van der Waals surface area contributed by atoms with Crippen LogP contribution in [0.5, 0.6) is 0 Å². The van der Waals surface area contributed by atoms with Crippen LogP contribution in [0.1, 0.15) is 32.6 Å². The summed E-state index contributed by atoms with van der Waals surface area (Å²) in [4.78, 5) is 13.4. The molecule has 1 amide bonds. The normalized spacial score (nSPS) is 21.8. The number of hydrogen-bond donors (Lipinski definition) is 0. The van der Waals surface area contributed by atoms with Crippen molar-refractivity contribution in [3.8, 4) is 0 Å². The summed E-state index contributed by atoms with van der Waals surface area (Å²) in [5.41, 5.74) is 0. The first-order chi connectivity index (χ1) is 5.75. The van der Waals surface area contributed by atoms with Gasteiger partial charge in [-0.1, -0.05) is 12.5 Å². The summed E-state index contributed by atoms with van der Waals surface area (Å²) in [7, 11) is 0. The summed E-state index contributed by atoms with van der Waals surface area (Å²) < 4.78 is 0. The summed E-state index contributed by atoms with van der Waals surface area (Å²) in [6, 6.07) is 0.204. The van der Waals surface area contributed by atoms with Crippen molar-refractivity contribution >= 4 is 5.91 Å². The number of nitrogens with zero attached hydrogens (tertiary/aromatic N) is 1. The molecule has 1 heterocycles. The molecule has 68 valence electrons. The predicted octanol–water partition coefficient (Wildman–Crippen LogP) is 1.96. The molecule has 0 aromatic carbocycles. The van der Waals surface area contributed by atoms with Gasteiger partial charge in [-0.3, -0.25) is 4.79 Å². The molecule has 1 aliphatic rings. The molecule has 1 aliphatic heterocycles. The van der Waals surface area contributed by atoms with E-state index in [0.29, 0.717) is 5.91 Å². The van der Waals surface area contributed by atoms with Crippen LogP contribution < -0.4 is 0 Å². The van der Waals surface area contributed by atoms with E-state index in [4.69, 9.17) is 0 Å². The Morgan fingerprint density at radius 1 is 1.50 bits per heavy atom. The highest BCUT2D eigenvalue weighted by molar-refractivity contribution is 5.76. The molecule has 1 saturated heterocycles. The van der Waals surface area contributed by atoms with E-state index in [2.05, 4.69) is 6.58 Å². The molecule has 1 atom stereocenters. The van der Waals surface area contributed by atoms with Gasteiger partial charge in [0.25, 0.3) is 0 Å². The minimum Gasteiger partial charge on any atom is -0.337 e. The van der Waals surface area contributed by atoms with Crippen molar-refractivity contribution in [2.75, 3.05) is 6.54 Å². The molecule has 0 radical (unpaired) electrons. The van der Waals surface area contributed by atoms with Crippen LogP contribution in [0.15, 0.2) is 12.7 Å². The van der Waals surface area contributed by atoms with Crippen LogP contribution in [-0.4, -0.2) is 23.4 Å². The summed E-state index contributed by atoms with van der Waals surface area (Å²) in [6.45, 7) is 6.64. The Hall–Kier alpha value is -0.790. The fourth-order valence-corrected chi connectivity index (χ4v) is 1.56. The van der Waals surface area contributed by atoms with Gasteiger partial charge in [0, 0.05) is 19.0 Å². The first-order valence-corrected chi connectivity index (χ1v) is 4.67. The number of hydrogen-bond acceptors (Lipinski definition) is 1. The molecule has 2 heteroatoms. The van der Waals surface area contributed by atoms with Crippen LogP contribution in [0, 0.1) is 0 Å². The fourth-order valence-electron chi connectivity index (χ4n) is 1.56. The Morgan fingerprint density at radius 2 is 2.25 bits per heavy atom. The van der Waals surface area contributed by atoms with Gasteiger partial charge in [-0.2, -0.15) is 0 Å². The van der Waals surface area contributed by atoms with Gasteiger partial charge in [0.2, 0.25) is 5.91 Å². The largest absolute Gasteiger partial charge is 0.337 e. The van der Waals surface area contributed by atoms with Crippen molar-refractivity contribution in [2.24, 2.45) is 0 Å². The molecule has 1 rings (SSSR count). The molecule has 0 spiro atoms. The summed E-state index contributed by atoms with van der Waals surface area (Å²) >= 11 is 0. The van der Waals surface area contributed by atoms with Gasteiger partial charge in [-0.25, -0.2) is 0 Å². The van der Waals surface area contributed by atoms with E-state index in [1.165, 1.54) is 6.42 Å². The average molecular weight is 167 g/mol. The smallest absolute Gasteiger partial charge is 0.223 e. The van der Waals surface area contributed by atoms with E-state index in [-0.39, 0.29) is 6.04 Å². The van der Waals surface area contributed by atoms with E-state index < -0.39 is 0 Å². The van der Waals surface area contributed by atoms with Crippen LogP contribution in [0.3, 0.4) is 0 Å². The summed E-state index contributed by atoms with van der Waals surface area (Å²) in [6.07, 6.45) is 5.94. The van der Waals surface area contributed by atoms with E-state index in [1.54, 1.807) is 0 Å². The molecule has 0 N–H and O–H groups in total. The van der Waals surface area contributed by atoms with Crippen molar-refractivity contribution in [3.63, 3.8) is 0 Å². The quantitative estimate of drug-likeness (QED) is 0.576. The minimum absolute atomic E-state index is 0.204. The van der Waals surface area contributed by atoms with E-state index in [9.17, 15) is 4.79 Å². The molecule has 0 aliphatic carbocycles. The van der Waals surface area contributed by atoms with Crippen molar-refractivity contribution < 1.29 is 4.79 Å². The number of carbonyl (C=O) groups excluding carboxylic acids is 1. The average Bonchev–Trinajstić information content (AvgIpc) is 2.28. The summed E-state index contributed by atoms with van der Waals surface area (Å²) in [5.74, 6) is 0.292. The van der Waals surface area contributed by atoms with Gasteiger partial charge in [0.1, 0.15) is 0 Å². The lowest BCUT2D eigenvalue weighted by Crippen LogP contribution is -2.36. The van der Waals surface area contributed by atoms with Crippen LogP contribution in [0.4, 0.5) is 0 Å². The second-order valence-corrected chi connectivity index (χ2v) is 3.37. The zero-order valence-electron chi connectivity index (χ0n) is 7.75. The van der Waals surface area contributed by atoms with Crippen molar-refractivity contribution in [2.45, 2.75) is 38.6 Å². The van der Waals surface area contributed by atoms with Crippen LogP contribution >= 0.6 is 0 Å². The highest BCUT2D eigenvalue weighted by Crippen LogP contribution is 2.13. The van der Waals surface area contributed by atoms with Gasteiger partial charge in [-0.05, 0) is 19.8 Å². The molecule has 12 heavy (non-hydrogen) atoms. The molecular weight excluding hydrogens is 150 g/mol. The Bertz CT molecular complexity index is 177. The third kappa shape index (κ3) is 2.10. The Labute approximate surface area is 74.2 Å². The molecule has 2 nitrogen and oxygen atoms in total. The highest BCUT2D eigenvalue weighted by Gasteiger charge is 2.19. The number of rotatable bonds is 2. The molecule has 1 fully saturated rings. The third-order valence-corrected chi connectivity index (χ3v) is 2.44. The number of carbonyl (C=O) groups is 1. The molecular formula is C10H17NO. The SMILES string of the molecule is C=CC(C)N1CCCCCC1=O. The first-order valence-electron chi connectivity index (χ1n) is 4.67. The van der Waals surface area contributed by atoms with Gasteiger partial charge in [0.15, 0.2) is 0 Å². The molecule has 0 saturated carbocycles. The maximum Gasteiger partial charge on any atom is 0.223 e.